The Morgan fingerprint density at radius 3 is 2.88 bits per heavy atom. The Labute approximate surface area is 101 Å². The molecule has 1 atom stereocenters. The third-order valence-electron chi connectivity index (χ3n) is 3.27. The molecule has 4 nitrogen and oxygen atoms in total. The minimum absolute atomic E-state index is 0.0481. The Bertz CT molecular complexity index is 412. The summed E-state index contributed by atoms with van der Waals surface area (Å²) in [7, 11) is 1.60. The molecule has 1 heterocycles. The maximum Gasteiger partial charge on any atom is 0.231 e. The number of anilines is 1. The van der Waals surface area contributed by atoms with E-state index in [0.29, 0.717) is 5.75 Å². The first-order valence-corrected chi connectivity index (χ1v) is 5.81. The molecule has 1 aromatic carbocycles. The fraction of sp³-hybridized carbons (Fsp3) is 0.462. The van der Waals surface area contributed by atoms with Gasteiger partial charge in [-0.2, -0.15) is 0 Å². The summed E-state index contributed by atoms with van der Waals surface area (Å²) >= 11 is 0. The summed E-state index contributed by atoms with van der Waals surface area (Å²) in [6, 6.07) is 7.45. The van der Waals surface area contributed by atoms with Crippen molar-refractivity contribution in [2.45, 2.75) is 13.3 Å². The maximum absolute atomic E-state index is 12.2. The molecule has 2 N–H and O–H groups in total. The van der Waals surface area contributed by atoms with Gasteiger partial charge in [0.25, 0.3) is 0 Å². The van der Waals surface area contributed by atoms with Crippen LogP contribution in [0.4, 0.5) is 5.69 Å². The lowest BCUT2D eigenvalue weighted by molar-refractivity contribution is -0.123. The van der Waals surface area contributed by atoms with Crippen molar-refractivity contribution in [1.29, 1.82) is 0 Å². The van der Waals surface area contributed by atoms with Crippen molar-refractivity contribution in [3.8, 4) is 5.75 Å². The van der Waals surface area contributed by atoms with Crippen molar-refractivity contribution < 1.29 is 9.53 Å². The van der Waals surface area contributed by atoms with Crippen molar-refractivity contribution in [2.24, 2.45) is 5.41 Å². The first kappa shape index (κ1) is 11.9. The third kappa shape index (κ3) is 2.42. The number of methoxy groups -OCH3 is 1. The van der Waals surface area contributed by atoms with Crippen molar-refractivity contribution in [1.82, 2.24) is 5.32 Å². The van der Waals surface area contributed by atoms with Gasteiger partial charge in [0.2, 0.25) is 5.91 Å². The predicted molar refractivity (Wildman–Crippen MR) is 67.2 cm³/mol. The quantitative estimate of drug-likeness (QED) is 0.835. The molecule has 0 spiro atoms. The number of carbonyl (C=O) groups excluding carboxylic acids is 1. The van der Waals surface area contributed by atoms with Crippen LogP contribution in [0.15, 0.2) is 24.3 Å². The maximum atomic E-state index is 12.2. The second kappa shape index (κ2) is 4.75. The summed E-state index contributed by atoms with van der Waals surface area (Å²) in [4.78, 5) is 12.2. The number of ether oxygens (including phenoxy) is 1. The molecule has 0 aliphatic carbocycles. The lowest BCUT2D eigenvalue weighted by Gasteiger charge is -2.22. The Morgan fingerprint density at radius 1 is 1.47 bits per heavy atom. The SMILES string of the molecule is COc1ccccc1NC(=O)C1(C)CCNC1. The highest BCUT2D eigenvalue weighted by Gasteiger charge is 2.36. The standard InChI is InChI=1S/C13H18N2O2/c1-13(7-8-14-9-13)12(16)15-10-5-3-4-6-11(10)17-2/h3-6,14H,7-9H2,1-2H3,(H,15,16). The van der Waals surface area contributed by atoms with E-state index in [1.165, 1.54) is 0 Å². The molecule has 1 aromatic rings. The monoisotopic (exact) mass is 234 g/mol. The molecule has 1 amide bonds. The Balaban J connectivity index is 2.12. The van der Waals surface area contributed by atoms with E-state index in [2.05, 4.69) is 10.6 Å². The predicted octanol–water partition coefficient (Wildman–Crippen LogP) is 1.63. The zero-order chi connectivity index (χ0) is 12.3. The zero-order valence-electron chi connectivity index (χ0n) is 10.2. The number of para-hydroxylation sites is 2. The Morgan fingerprint density at radius 2 is 2.24 bits per heavy atom. The molecule has 1 unspecified atom stereocenters. The minimum Gasteiger partial charge on any atom is -0.495 e. The molecule has 1 fully saturated rings. The Kier molecular flexibility index (Phi) is 3.33. The molecule has 17 heavy (non-hydrogen) atoms. The van der Waals surface area contributed by atoms with Gasteiger partial charge in [-0.15, -0.1) is 0 Å². The van der Waals surface area contributed by atoms with Crippen molar-refractivity contribution in [3.63, 3.8) is 0 Å². The molecule has 0 radical (unpaired) electrons. The summed E-state index contributed by atoms with van der Waals surface area (Å²) < 4.78 is 5.21. The van der Waals surface area contributed by atoms with E-state index in [1.807, 2.05) is 31.2 Å². The van der Waals surface area contributed by atoms with Gasteiger partial charge in [0.1, 0.15) is 5.75 Å². The van der Waals surface area contributed by atoms with Gasteiger partial charge in [0, 0.05) is 6.54 Å². The van der Waals surface area contributed by atoms with E-state index in [0.717, 1.165) is 25.2 Å². The summed E-state index contributed by atoms with van der Waals surface area (Å²) in [5.74, 6) is 0.738. The van der Waals surface area contributed by atoms with E-state index < -0.39 is 0 Å². The molecule has 92 valence electrons. The number of hydrogen-bond acceptors (Lipinski definition) is 3. The van der Waals surface area contributed by atoms with Gasteiger partial charge in [-0.3, -0.25) is 4.79 Å². The molecule has 0 saturated carbocycles. The van der Waals surface area contributed by atoms with Gasteiger partial charge in [-0.1, -0.05) is 12.1 Å². The smallest absolute Gasteiger partial charge is 0.231 e. The number of rotatable bonds is 3. The highest BCUT2D eigenvalue weighted by Crippen LogP contribution is 2.29. The fourth-order valence-corrected chi connectivity index (χ4v) is 2.03. The van der Waals surface area contributed by atoms with Crippen molar-refractivity contribution >= 4 is 11.6 Å². The second-order valence-electron chi connectivity index (χ2n) is 4.64. The first-order valence-electron chi connectivity index (χ1n) is 5.81. The van der Waals surface area contributed by atoms with Gasteiger partial charge in [-0.05, 0) is 32.0 Å². The van der Waals surface area contributed by atoms with Crippen LogP contribution >= 0.6 is 0 Å². The van der Waals surface area contributed by atoms with Gasteiger partial charge in [-0.25, -0.2) is 0 Å². The van der Waals surface area contributed by atoms with Gasteiger partial charge >= 0.3 is 0 Å². The lowest BCUT2D eigenvalue weighted by atomic mass is 9.88. The number of carbonyl (C=O) groups is 1. The summed E-state index contributed by atoms with van der Waals surface area (Å²) in [5, 5.41) is 6.16. The van der Waals surface area contributed by atoms with Crippen LogP contribution in [0.1, 0.15) is 13.3 Å². The highest BCUT2D eigenvalue weighted by atomic mass is 16.5. The van der Waals surface area contributed by atoms with Crippen molar-refractivity contribution in [2.75, 3.05) is 25.5 Å². The lowest BCUT2D eigenvalue weighted by Crippen LogP contribution is -2.35. The molecule has 0 aromatic heterocycles. The van der Waals surface area contributed by atoms with Crippen LogP contribution < -0.4 is 15.4 Å². The number of amides is 1. The van der Waals surface area contributed by atoms with Crippen LogP contribution in [-0.2, 0) is 4.79 Å². The average Bonchev–Trinajstić information content (AvgIpc) is 2.78. The van der Waals surface area contributed by atoms with Crippen LogP contribution in [0.3, 0.4) is 0 Å². The highest BCUT2D eigenvalue weighted by molar-refractivity contribution is 5.96. The number of nitrogens with one attached hydrogen (secondary N) is 2. The largest absolute Gasteiger partial charge is 0.495 e. The molecule has 0 bridgehead atoms. The van der Waals surface area contributed by atoms with Crippen molar-refractivity contribution in [3.05, 3.63) is 24.3 Å². The van der Waals surface area contributed by atoms with E-state index in [9.17, 15) is 4.79 Å². The minimum atomic E-state index is -0.319. The summed E-state index contributed by atoms with van der Waals surface area (Å²) in [5.41, 5.74) is 0.411. The molecular weight excluding hydrogens is 216 g/mol. The molecule has 2 rings (SSSR count). The van der Waals surface area contributed by atoms with E-state index in [-0.39, 0.29) is 11.3 Å². The van der Waals surface area contributed by atoms with Crippen LogP contribution in [-0.4, -0.2) is 26.1 Å². The summed E-state index contributed by atoms with van der Waals surface area (Å²) in [6.45, 7) is 3.61. The van der Waals surface area contributed by atoms with Gasteiger partial charge in [0.15, 0.2) is 0 Å². The zero-order valence-corrected chi connectivity index (χ0v) is 10.2. The van der Waals surface area contributed by atoms with Crippen LogP contribution in [0.2, 0.25) is 0 Å². The van der Waals surface area contributed by atoms with E-state index in [4.69, 9.17) is 4.74 Å². The second-order valence-corrected chi connectivity index (χ2v) is 4.64. The Hall–Kier alpha value is -1.55. The molecular formula is C13H18N2O2. The first-order chi connectivity index (χ1) is 8.15. The number of benzene rings is 1. The van der Waals surface area contributed by atoms with E-state index >= 15 is 0 Å². The van der Waals surface area contributed by atoms with Crippen LogP contribution in [0.25, 0.3) is 0 Å². The third-order valence-corrected chi connectivity index (χ3v) is 3.27. The summed E-state index contributed by atoms with van der Waals surface area (Å²) in [6.07, 6.45) is 0.869. The molecule has 1 aliphatic heterocycles. The normalized spacial score (nSPS) is 23.4. The average molecular weight is 234 g/mol. The topological polar surface area (TPSA) is 50.4 Å². The number of hydrogen-bond donors (Lipinski definition) is 2. The van der Waals surface area contributed by atoms with Crippen LogP contribution in [0, 0.1) is 5.41 Å². The van der Waals surface area contributed by atoms with E-state index in [1.54, 1.807) is 7.11 Å². The van der Waals surface area contributed by atoms with Gasteiger partial charge in [0.05, 0.1) is 18.2 Å². The molecule has 1 aliphatic rings. The van der Waals surface area contributed by atoms with Gasteiger partial charge < -0.3 is 15.4 Å². The molecule has 4 heteroatoms. The fourth-order valence-electron chi connectivity index (χ4n) is 2.03. The van der Waals surface area contributed by atoms with Crippen LogP contribution in [0.5, 0.6) is 5.75 Å². The molecule has 1 saturated heterocycles.